The third-order valence-corrected chi connectivity index (χ3v) is 5.49. The van der Waals surface area contributed by atoms with Crippen molar-refractivity contribution in [3.8, 4) is 0 Å². The number of alkyl halides is 3. The van der Waals surface area contributed by atoms with Gasteiger partial charge in [0.05, 0.1) is 6.54 Å². The summed E-state index contributed by atoms with van der Waals surface area (Å²) < 4.78 is 39.4. The molecule has 1 fully saturated rings. The Bertz CT molecular complexity index is 998. The van der Waals surface area contributed by atoms with E-state index in [4.69, 9.17) is 0 Å². The maximum absolute atomic E-state index is 13.1. The molecule has 0 saturated carbocycles. The molecule has 1 N–H and O–H groups in total. The number of nitrogens with one attached hydrogen (secondary N) is 1. The van der Waals surface area contributed by atoms with Crippen molar-refractivity contribution in [2.75, 3.05) is 6.54 Å². The first-order valence-electron chi connectivity index (χ1n) is 9.46. The smallest absolute Gasteiger partial charge is 0.339 e. The standard InChI is InChI=1S/C21H22F3N3O3/c1-4-20(15-8-6-5-7-9-15)18(29)26(19(30)25-20)11-17(28)16-10-13(2)27(14(16)3)12-21(22,23)24/h5-10H,4,11-12H2,1-3H3,(H,25,30)/t20-/m0/s1. The summed E-state index contributed by atoms with van der Waals surface area (Å²) in [5.41, 5.74) is -0.189. The molecule has 160 valence electrons. The van der Waals surface area contributed by atoms with E-state index in [0.29, 0.717) is 5.56 Å². The van der Waals surface area contributed by atoms with Crippen LogP contribution >= 0.6 is 0 Å². The van der Waals surface area contributed by atoms with Crippen LogP contribution in [-0.2, 0) is 16.9 Å². The summed E-state index contributed by atoms with van der Waals surface area (Å²) in [5.74, 6) is -1.15. The van der Waals surface area contributed by atoms with E-state index < -0.39 is 42.5 Å². The summed E-state index contributed by atoms with van der Waals surface area (Å²) in [6, 6.07) is 9.36. The van der Waals surface area contributed by atoms with Gasteiger partial charge in [0.25, 0.3) is 5.91 Å². The first kappa shape index (κ1) is 21.6. The molecule has 3 rings (SSSR count). The second kappa shape index (κ2) is 7.62. The molecule has 1 aliphatic heterocycles. The molecule has 2 heterocycles. The molecular formula is C21H22F3N3O3. The maximum atomic E-state index is 13.1. The van der Waals surface area contributed by atoms with Crippen LogP contribution in [0.25, 0.3) is 0 Å². The SMILES string of the molecule is CC[C@@]1(c2ccccc2)NC(=O)N(CC(=O)c2cc(C)n(CC(F)(F)F)c2C)C1=O. The zero-order chi connectivity index (χ0) is 22.3. The minimum Gasteiger partial charge on any atom is -0.339 e. The van der Waals surface area contributed by atoms with Crippen LogP contribution in [0.15, 0.2) is 36.4 Å². The Morgan fingerprint density at radius 2 is 1.77 bits per heavy atom. The maximum Gasteiger partial charge on any atom is 0.406 e. The number of benzene rings is 1. The number of aryl methyl sites for hydroxylation is 1. The summed E-state index contributed by atoms with van der Waals surface area (Å²) in [6.07, 6.45) is -4.15. The molecule has 0 bridgehead atoms. The molecule has 3 amide bonds. The van der Waals surface area contributed by atoms with E-state index in [9.17, 15) is 27.6 Å². The number of imide groups is 1. The van der Waals surface area contributed by atoms with Crippen LogP contribution in [0.3, 0.4) is 0 Å². The predicted octanol–water partition coefficient (Wildman–Crippen LogP) is 3.71. The van der Waals surface area contributed by atoms with Crippen molar-refractivity contribution in [2.24, 2.45) is 0 Å². The Morgan fingerprint density at radius 1 is 1.13 bits per heavy atom. The third kappa shape index (κ3) is 3.71. The molecule has 0 aliphatic carbocycles. The highest BCUT2D eigenvalue weighted by molar-refractivity contribution is 6.11. The lowest BCUT2D eigenvalue weighted by Crippen LogP contribution is -2.43. The summed E-state index contributed by atoms with van der Waals surface area (Å²) >= 11 is 0. The number of ketones is 1. The minimum atomic E-state index is -4.43. The van der Waals surface area contributed by atoms with Crippen molar-refractivity contribution in [3.05, 3.63) is 58.9 Å². The van der Waals surface area contributed by atoms with Gasteiger partial charge in [0.1, 0.15) is 12.1 Å². The summed E-state index contributed by atoms with van der Waals surface area (Å²) in [4.78, 5) is 39.3. The molecule has 6 nitrogen and oxygen atoms in total. The van der Waals surface area contributed by atoms with E-state index in [-0.39, 0.29) is 23.4 Å². The van der Waals surface area contributed by atoms with Gasteiger partial charge >= 0.3 is 12.2 Å². The van der Waals surface area contributed by atoms with Crippen molar-refractivity contribution in [1.82, 2.24) is 14.8 Å². The number of urea groups is 1. The first-order valence-corrected chi connectivity index (χ1v) is 9.46. The van der Waals surface area contributed by atoms with Crippen LogP contribution in [0.2, 0.25) is 0 Å². The molecule has 9 heteroatoms. The fourth-order valence-corrected chi connectivity index (χ4v) is 3.87. The van der Waals surface area contributed by atoms with Crippen molar-refractivity contribution >= 4 is 17.7 Å². The Kier molecular flexibility index (Phi) is 5.49. The van der Waals surface area contributed by atoms with Crippen LogP contribution in [-0.4, -0.2) is 39.9 Å². The first-order chi connectivity index (χ1) is 14.0. The molecular weight excluding hydrogens is 399 g/mol. The highest BCUT2D eigenvalue weighted by Crippen LogP contribution is 2.32. The quantitative estimate of drug-likeness (QED) is 0.571. The lowest BCUT2D eigenvalue weighted by molar-refractivity contribution is -0.141. The number of hydrogen-bond acceptors (Lipinski definition) is 3. The molecule has 0 radical (unpaired) electrons. The van der Waals surface area contributed by atoms with Crippen LogP contribution in [0, 0.1) is 13.8 Å². The molecule has 0 unspecified atom stereocenters. The fraction of sp³-hybridized carbons (Fsp3) is 0.381. The second-order valence-corrected chi connectivity index (χ2v) is 7.36. The summed E-state index contributed by atoms with van der Waals surface area (Å²) in [5, 5.41) is 2.68. The van der Waals surface area contributed by atoms with Crippen LogP contribution < -0.4 is 5.32 Å². The van der Waals surface area contributed by atoms with Crippen LogP contribution in [0.4, 0.5) is 18.0 Å². The molecule has 0 spiro atoms. The van der Waals surface area contributed by atoms with Gasteiger partial charge in [-0.2, -0.15) is 13.2 Å². The second-order valence-electron chi connectivity index (χ2n) is 7.36. The monoisotopic (exact) mass is 421 g/mol. The van der Waals surface area contributed by atoms with Crippen LogP contribution in [0.1, 0.15) is 40.7 Å². The Labute approximate surface area is 171 Å². The average Bonchev–Trinajstić information content (AvgIpc) is 3.10. The highest BCUT2D eigenvalue weighted by atomic mass is 19.4. The van der Waals surface area contributed by atoms with Gasteiger partial charge in [0.15, 0.2) is 5.78 Å². The van der Waals surface area contributed by atoms with Crippen molar-refractivity contribution < 1.29 is 27.6 Å². The topological polar surface area (TPSA) is 71.4 Å². The molecule has 1 atom stereocenters. The molecule has 1 aliphatic rings. The van der Waals surface area contributed by atoms with Crippen molar-refractivity contribution in [1.29, 1.82) is 0 Å². The van der Waals surface area contributed by atoms with E-state index in [1.807, 2.05) is 0 Å². The van der Waals surface area contributed by atoms with Gasteiger partial charge in [-0.05, 0) is 31.9 Å². The highest BCUT2D eigenvalue weighted by Gasteiger charge is 2.51. The number of amides is 3. The molecule has 1 saturated heterocycles. The molecule has 30 heavy (non-hydrogen) atoms. The number of aromatic nitrogens is 1. The van der Waals surface area contributed by atoms with Gasteiger partial charge in [0, 0.05) is 17.0 Å². The number of nitrogens with zero attached hydrogens (tertiary/aromatic N) is 2. The van der Waals surface area contributed by atoms with Gasteiger partial charge in [0.2, 0.25) is 0 Å². The van der Waals surface area contributed by atoms with Crippen LogP contribution in [0.5, 0.6) is 0 Å². The summed E-state index contributed by atoms with van der Waals surface area (Å²) in [6.45, 7) is 2.88. The third-order valence-electron chi connectivity index (χ3n) is 5.49. The van der Waals surface area contributed by atoms with E-state index in [2.05, 4.69) is 5.32 Å². The zero-order valence-corrected chi connectivity index (χ0v) is 16.8. The fourth-order valence-electron chi connectivity index (χ4n) is 3.87. The largest absolute Gasteiger partial charge is 0.406 e. The molecule has 2 aromatic rings. The van der Waals surface area contributed by atoms with Gasteiger partial charge in [-0.15, -0.1) is 0 Å². The van der Waals surface area contributed by atoms with E-state index in [1.54, 1.807) is 37.3 Å². The lowest BCUT2D eigenvalue weighted by atomic mass is 9.87. The van der Waals surface area contributed by atoms with Gasteiger partial charge in [-0.3, -0.25) is 14.5 Å². The van der Waals surface area contributed by atoms with E-state index in [0.717, 1.165) is 9.47 Å². The average molecular weight is 421 g/mol. The predicted molar refractivity (Wildman–Crippen MR) is 103 cm³/mol. The summed E-state index contributed by atoms with van der Waals surface area (Å²) in [7, 11) is 0. The van der Waals surface area contributed by atoms with Gasteiger partial charge in [-0.1, -0.05) is 37.3 Å². The molecule has 1 aromatic heterocycles. The lowest BCUT2D eigenvalue weighted by Gasteiger charge is -2.25. The Morgan fingerprint density at radius 3 is 2.33 bits per heavy atom. The van der Waals surface area contributed by atoms with Gasteiger partial charge in [-0.25, -0.2) is 4.79 Å². The zero-order valence-electron chi connectivity index (χ0n) is 16.8. The minimum absolute atomic E-state index is 0.0612. The van der Waals surface area contributed by atoms with E-state index >= 15 is 0 Å². The Balaban J connectivity index is 1.87. The van der Waals surface area contributed by atoms with Crippen molar-refractivity contribution in [2.45, 2.75) is 45.5 Å². The Hall–Kier alpha value is -3.10. The number of hydrogen-bond donors (Lipinski definition) is 1. The number of halogens is 3. The van der Waals surface area contributed by atoms with E-state index in [1.165, 1.54) is 19.9 Å². The van der Waals surface area contributed by atoms with Crippen molar-refractivity contribution in [3.63, 3.8) is 0 Å². The number of carbonyl (C=O) groups excluding carboxylic acids is 3. The molecule has 1 aromatic carbocycles. The van der Waals surface area contributed by atoms with Gasteiger partial charge < -0.3 is 9.88 Å². The number of carbonyl (C=O) groups is 3. The number of Topliss-reactive ketones (excluding diaryl/α,β-unsaturated/α-hetero) is 1. The normalized spacial score (nSPS) is 19.3. The number of rotatable bonds is 6.